The minimum Gasteiger partial charge on any atom is -0.451 e. The number of aromatic nitrogens is 1. The van der Waals surface area contributed by atoms with Crippen LogP contribution >= 0.6 is 0 Å². The third kappa shape index (κ3) is 1.98. The number of rotatable bonds is 2. The molecule has 0 saturated heterocycles. The highest BCUT2D eigenvalue weighted by molar-refractivity contribution is 5.43. The summed E-state index contributed by atoms with van der Waals surface area (Å²) < 4.78 is 18.6. The van der Waals surface area contributed by atoms with E-state index in [-0.39, 0.29) is 11.5 Å². The molecular formula is C12H7FN2O. The normalized spacial score (nSPS) is 9.50. The van der Waals surface area contributed by atoms with Gasteiger partial charge in [-0.15, -0.1) is 0 Å². The number of halogens is 1. The highest BCUT2D eigenvalue weighted by atomic mass is 19.1. The van der Waals surface area contributed by atoms with Gasteiger partial charge in [-0.05, 0) is 18.2 Å². The van der Waals surface area contributed by atoms with Crippen LogP contribution < -0.4 is 4.74 Å². The Bertz CT molecular complexity index is 549. The zero-order chi connectivity index (χ0) is 11.4. The zero-order valence-corrected chi connectivity index (χ0v) is 8.22. The van der Waals surface area contributed by atoms with E-state index in [2.05, 4.69) is 4.98 Å². The number of pyridine rings is 1. The second-order valence-electron chi connectivity index (χ2n) is 3.02. The summed E-state index contributed by atoms with van der Waals surface area (Å²) in [5, 5.41) is 8.81. The lowest BCUT2D eigenvalue weighted by molar-refractivity contribution is 0.439. The van der Waals surface area contributed by atoms with Gasteiger partial charge in [0, 0.05) is 6.20 Å². The Kier molecular flexibility index (Phi) is 2.79. The molecule has 1 aromatic carbocycles. The number of ether oxygens (including phenoxy) is 1. The Labute approximate surface area is 91.7 Å². The molecule has 1 heterocycles. The summed E-state index contributed by atoms with van der Waals surface area (Å²) in [6, 6.07) is 9.46. The molecule has 0 aliphatic rings. The standard InChI is InChI=1S/C12H7FN2O/c13-10-3-1-2-4-11(10)16-12-8-15-6-5-9(12)7-14/h1-6,8H. The van der Waals surface area contributed by atoms with Gasteiger partial charge in [0.15, 0.2) is 17.3 Å². The molecule has 0 saturated carbocycles. The topological polar surface area (TPSA) is 45.9 Å². The lowest BCUT2D eigenvalue weighted by atomic mass is 10.2. The highest BCUT2D eigenvalue weighted by Crippen LogP contribution is 2.25. The molecule has 2 rings (SSSR count). The van der Waals surface area contributed by atoms with Crippen LogP contribution in [0.5, 0.6) is 11.5 Å². The molecule has 0 unspecified atom stereocenters. The van der Waals surface area contributed by atoms with E-state index in [0.717, 1.165) is 0 Å². The molecule has 0 bridgehead atoms. The summed E-state index contributed by atoms with van der Waals surface area (Å²) in [7, 11) is 0. The van der Waals surface area contributed by atoms with Gasteiger partial charge in [0.25, 0.3) is 0 Å². The third-order valence-electron chi connectivity index (χ3n) is 1.96. The molecule has 0 fully saturated rings. The molecule has 0 radical (unpaired) electrons. The zero-order valence-electron chi connectivity index (χ0n) is 8.22. The van der Waals surface area contributed by atoms with E-state index in [4.69, 9.17) is 10.00 Å². The first-order chi connectivity index (χ1) is 7.81. The SMILES string of the molecule is N#Cc1ccncc1Oc1ccccc1F. The van der Waals surface area contributed by atoms with Gasteiger partial charge in [-0.1, -0.05) is 12.1 Å². The van der Waals surface area contributed by atoms with E-state index in [9.17, 15) is 4.39 Å². The number of hydrogen-bond acceptors (Lipinski definition) is 3. The molecule has 4 heteroatoms. The maximum absolute atomic E-state index is 13.3. The first-order valence-electron chi connectivity index (χ1n) is 4.58. The second kappa shape index (κ2) is 4.41. The minimum absolute atomic E-state index is 0.0759. The van der Waals surface area contributed by atoms with Crippen molar-refractivity contribution >= 4 is 0 Å². The van der Waals surface area contributed by atoms with Crippen LogP contribution in [0.3, 0.4) is 0 Å². The van der Waals surface area contributed by atoms with E-state index in [1.54, 1.807) is 12.1 Å². The molecule has 0 aliphatic heterocycles. The molecule has 3 nitrogen and oxygen atoms in total. The molecule has 0 amide bonds. The Morgan fingerprint density at radius 1 is 1.19 bits per heavy atom. The fourth-order valence-corrected chi connectivity index (χ4v) is 1.20. The van der Waals surface area contributed by atoms with E-state index in [1.807, 2.05) is 6.07 Å². The van der Waals surface area contributed by atoms with Gasteiger partial charge in [0.1, 0.15) is 6.07 Å². The largest absolute Gasteiger partial charge is 0.451 e. The van der Waals surface area contributed by atoms with Gasteiger partial charge in [-0.3, -0.25) is 4.98 Å². The summed E-state index contributed by atoms with van der Waals surface area (Å²) in [5.41, 5.74) is 0.318. The minimum atomic E-state index is -0.477. The maximum atomic E-state index is 13.3. The van der Waals surface area contributed by atoms with Crippen molar-refractivity contribution < 1.29 is 9.13 Å². The van der Waals surface area contributed by atoms with Crippen LogP contribution in [-0.4, -0.2) is 4.98 Å². The predicted octanol–water partition coefficient (Wildman–Crippen LogP) is 2.88. The van der Waals surface area contributed by atoms with E-state index in [1.165, 1.54) is 30.6 Å². The second-order valence-corrected chi connectivity index (χ2v) is 3.02. The Balaban J connectivity index is 2.35. The van der Waals surface area contributed by atoms with Crippen molar-refractivity contribution in [2.75, 3.05) is 0 Å². The van der Waals surface area contributed by atoms with E-state index in [0.29, 0.717) is 5.56 Å². The number of para-hydroxylation sites is 1. The van der Waals surface area contributed by atoms with Crippen LogP contribution in [-0.2, 0) is 0 Å². The van der Waals surface area contributed by atoms with Gasteiger partial charge in [-0.25, -0.2) is 4.39 Å². The van der Waals surface area contributed by atoms with Crippen LogP contribution in [0.2, 0.25) is 0 Å². The molecular weight excluding hydrogens is 207 g/mol. The molecule has 78 valence electrons. The number of nitrogens with zero attached hydrogens (tertiary/aromatic N) is 2. The Morgan fingerprint density at radius 3 is 2.75 bits per heavy atom. The lowest BCUT2D eigenvalue weighted by Gasteiger charge is -2.06. The quantitative estimate of drug-likeness (QED) is 0.772. The van der Waals surface area contributed by atoms with Gasteiger partial charge in [-0.2, -0.15) is 5.26 Å². The van der Waals surface area contributed by atoms with Gasteiger partial charge < -0.3 is 4.74 Å². The number of nitriles is 1. The van der Waals surface area contributed by atoms with Crippen LogP contribution in [0.1, 0.15) is 5.56 Å². The smallest absolute Gasteiger partial charge is 0.165 e. The van der Waals surface area contributed by atoms with Crippen molar-refractivity contribution in [1.29, 1.82) is 5.26 Å². The average Bonchev–Trinajstić information content (AvgIpc) is 2.33. The van der Waals surface area contributed by atoms with Crippen molar-refractivity contribution in [2.45, 2.75) is 0 Å². The van der Waals surface area contributed by atoms with Crippen molar-refractivity contribution in [3.8, 4) is 17.6 Å². The van der Waals surface area contributed by atoms with Crippen molar-refractivity contribution in [3.63, 3.8) is 0 Å². The van der Waals surface area contributed by atoms with Crippen LogP contribution in [0, 0.1) is 17.1 Å². The number of hydrogen-bond donors (Lipinski definition) is 0. The van der Waals surface area contributed by atoms with Crippen molar-refractivity contribution in [1.82, 2.24) is 4.98 Å². The molecule has 0 spiro atoms. The summed E-state index contributed by atoms with van der Waals surface area (Å²) >= 11 is 0. The van der Waals surface area contributed by atoms with Gasteiger partial charge >= 0.3 is 0 Å². The predicted molar refractivity (Wildman–Crippen MR) is 55.4 cm³/mol. The monoisotopic (exact) mass is 214 g/mol. The maximum Gasteiger partial charge on any atom is 0.165 e. The molecule has 1 aromatic heterocycles. The summed E-state index contributed by atoms with van der Waals surface area (Å²) in [4.78, 5) is 3.82. The summed E-state index contributed by atoms with van der Waals surface area (Å²) in [6.07, 6.45) is 2.86. The third-order valence-corrected chi connectivity index (χ3v) is 1.96. The van der Waals surface area contributed by atoms with Gasteiger partial charge in [0.05, 0.1) is 11.8 Å². The average molecular weight is 214 g/mol. The molecule has 0 N–H and O–H groups in total. The number of benzene rings is 1. The molecule has 16 heavy (non-hydrogen) atoms. The molecule has 2 aromatic rings. The van der Waals surface area contributed by atoms with Crippen molar-refractivity contribution in [3.05, 3.63) is 54.1 Å². The summed E-state index contributed by atoms with van der Waals surface area (Å²) in [5.74, 6) is -0.155. The fraction of sp³-hybridized carbons (Fsp3) is 0. The van der Waals surface area contributed by atoms with E-state index < -0.39 is 5.82 Å². The lowest BCUT2D eigenvalue weighted by Crippen LogP contribution is -1.91. The Hall–Kier alpha value is -2.41. The van der Waals surface area contributed by atoms with Crippen molar-refractivity contribution in [2.24, 2.45) is 0 Å². The van der Waals surface area contributed by atoms with Crippen LogP contribution in [0.15, 0.2) is 42.7 Å². The van der Waals surface area contributed by atoms with Crippen LogP contribution in [0.4, 0.5) is 4.39 Å². The van der Waals surface area contributed by atoms with Gasteiger partial charge in [0.2, 0.25) is 0 Å². The van der Waals surface area contributed by atoms with E-state index >= 15 is 0 Å². The fourth-order valence-electron chi connectivity index (χ4n) is 1.20. The Morgan fingerprint density at radius 2 is 2.00 bits per heavy atom. The first kappa shape index (κ1) is 10.1. The van der Waals surface area contributed by atoms with Crippen LogP contribution in [0.25, 0.3) is 0 Å². The molecule has 0 atom stereocenters. The molecule has 0 aliphatic carbocycles. The first-order valence-corrected chi connectivity index (χ1v) is 4.58. The summed E-state index contributed by atoms with van der Waals surface area (Å²) in [6.45, 7) is 0. The highest BCUT2D eigenvalue weighted by Gasteiger charge is 2.07.